The maximum absolute atomic E-state index is 15.8. The Bertz CT molecular complexity index is 5290. The second-order valence-electron chi connectivity index (χ2n) is 35.3. The molecule has 3 aromatic heterocycles. The second-order valence-corrected chi connectivity index (χ2v) is 36.3. The van der Waals surface area contributed by atoms with Crippen molar-refractivity contribution in [2.75, 3.05) is 65.4 Å². The third-order valence-electron chi connectivity index (χ3n) is 24.5. The fraction of sp³-hybridized carbons (Fsp3) is 0.516. The van der Waals surface area contributed by atoms with Crippen LogP contribution < -0.4 is 75.7 Å². The highest BCUT2D eigenvalue weighted by Crippen LogP contribution is 2.28. The molecular formula is C93H129N23O20S. The van der Waals surface area contributed by atoms with E-state index < -0.39 is 241 Å². The number of unbranched alkanes of at least 4 members (excludes halogenated alkanes) is 2. The van der Waals surface area contributed by atoms with Gasteiger partial charge in [0.1, 0.15) is 90.3 Å². The van der Waals surface area contributed by atoms with E-state index in [9.17, 15) is 58.5 Å². The van der Waals surface area contributed by atoms with E-state index in [0.29, 0.717) is 69.7 Å². The SMILES string of the molecule is CCCC[C@H]1C(=O)N(C)[C@@H](CCCC)C(=O)N[C@@H](CCCNC(=N)N)C(=O)N[C@H](C(=O)NCC(N)=O)CSCC(=O)N[C@@H](Cc2ccc(O)cc2)C(=O)N(C)[C@@H](C)C(=O)N[C@@H](CC(N)=O)C(=O)N2CCC[C@H]2C(=O)N[C@@H](Cc2cccnc2)C(=O)N[C@@H](CC(C)C)C(=O)N2C[C@H](O)CC2C(=O)NC(Cc2c[nH]c3ccccc23)C(=O)N[C@@H](CO)C(=O)N[C@@H](Cc2c[nH]c3ccccc23)C(=O)N1C. The topological polar surface area (TPSA) is 646 Å². The molecule has 6 heterocycles. The zero-order chi connectivity index (χ0) is 100. The number of nitrogens with one attached hydrogen (secondary N) is 14. The first-order chi connectivity index (χ1) is 65.3. The number of aromatic hydroxyl groups is 1. The molecule has 9 rings (SSSR count). The summed E-state index contributed by atoms with van der Waals surface area (Å²) in [5, 5.41) is 71.3. The van der Waals surface area contributed by atoms with E-state index in [4.69, 9.17) is 22.6 Å². The van der Waals surface area contributed by atoms with Gasteiger partial charge in [0.25, 0.3) is 0 Å². The largest absolute Gasteiger partial charge is 0.508 e. The lowest BCUT2D eigenvalue weighted by Crippen LogP contribution is -2.62. The van der Waals surface area contributed by atoms with Crippen molar-refractivity contribution in [3.05, 3.63) is 132 Å². The Hall–Kier alpha value is -13.8. The van der Waals surface area contributed by atoms with Crippen LogP contribution in [0.1, 0.15) is 140 Å². The summed E-state index contributed by atoms with van der Waals surface area (Å²) in [6.45, 7) is 6.02. The number of para-hydroxylation sites is 2. The number of benzene rings is 3. The van der Waals surface area contributed by atoms with Gasteiger partial charge in [-0.15, -0.1) is 11.8 Å². The molecule has 0 bridgehead atoms. The Morgan fingerprint density at radius 3 is 1.67 bits per heavy atom. The Balaban J connectivity index is 1.11. The number of guanidine groups is 1. The summed E-state index contributed by atoms with van der Waals surface area (Å²) in [5.41, 5.74) is 19.9. The van der Waals surface area contributed by atoms with Crippen LogP contribution in [-0.2, 0) is 107 Å². The van der Waals surface area contributed by atoms with E-state index in [-0.39, 0.29) is 95.4 Å². The molecule has 3 aliphatic heterocycles. The number of aromatic amines is 2. The molecular weight excluding hydrogens is 1790 g/mol. The number of aliphatic hydroxyl groups is 2. The van der Waals surface area contributed by atoms with Crippen molar-refractivity contribution in [1.82, 2.24) is 97.9 Å². The van der Waals surface area contributed by atoms with Gasteiger partial charge in [-0.05, 0) is 110 Å². The fourth-order valence-electron chi connectivity index (χ4n) is 16.9. The molecule has 0 aliphatic carbocycles. The first-order valence-corrected chi connectivity index (χ1v) is 47.1. The predicted octanol–water partition coefficient (Wildman–Crippen LogP) is -2.26. The summed E-state index contributed by atoms with van der Waals surface area (Å²) in [6.07, 6.45) is 3.89. The number of nitrogens with two attached hydrogens (primary N) is 3. The first-order valence-electron chi connectivity index (χ1n) is 46.0. The van der Waals surface area contributed by atoms with Crippen LogP contribution in [0.25, 0.3) is 21.8 Å². The number of aliphatic hydroxyl groups excluding tert-OH is 2. The summed E-state index contributed by atoms with van der Waals surface area (Å²) in [4.78, 5) is 267. The van der Waals surface area contributed by atoms with Crippen molar-refractivity contribution in [2.45, 2.75) is 234 Å². The van der Waals surface area contributed by atoms with Crippen LogP contribution in [-0.4, -0.2) is 317 Å². The van der Waals surface area contributed by atoms with E-state index in [1.165, 1.54) is 64.7 Å². The Morgan fingerprint density at radius 2 is 1.07 bits per heavy atom. The molecule has 2 unspecified atom stereocenters. The molecule has 3 fully saturated rings. The lowest BCUT2D eigenvalue weighted by atomic mass is 10.00. The zero-order valence-corrected chi connectivity index (χ0v) is 79.0. The van der Waals surface area contributed by atoms with Crippen molar-refractivity contribution in [2.24, 2.45) is 23.1 Å². The van der Waals surface area contributed by atoms with E-state index in [2.05, 4.69) is 73.4 Å². The van der Waals surface area contributed by atoms with Crippen LogP contribution in [0.3, 0.4) is 0 Å². The van der Waals surface area contributed by atoms with E-state index in [1.807, 2.05) is 13.8 Å². The molecule has 3 saturated heterocycles. The minimum Gasteiger partial charge on any atom is -0.508 e. The highest BCUT2D eigenvalue weighted by Gasteiger charge is 2.47. The van der Waals surface area contributed by atoms with Crippen LogP contribution in [0.2, 0.25) is 0 Å². The van der Waals surface area contributed by atoms with E-state index >= 15 is 38.4 Å². The quantitative estimate of drug-likeness (QED) is 0.0155. The van der Waals surface area contributed by atoms with Crippen molar-refractivity contribution >= 4 is 140 Å². The Kier molecular flexibility index (Phi) is 40.0. The van der Waals surface area contributed by atoms with E-state index in [1.54, 1.807) is 86.9 Å². The molecule has 6 aromatic rings. The minimum absolute atomic E-state index is 0.0130. The molecule has 43 nitrogen and oxygen atoms in total. The smallest absolute Gasteiger partial charge is 0.246 e. The van der Waals surface area contributed by atoms with Crippen LogP contribution in [0, 0.1) is 11.3 Å². The molecule has 137 heavy (non-hydrogen) atoms. The van der Waals surface area contributed by atoms with Crippen molar-refractivity contribution in [1.29, 1.82) is 5.41 Å². The number of fused-ring (bicyclic) bond motifs is 4. The number of carbonyl (C=O) groups is 17. The molecule has 44 heteroatoms. The number of aromatic nitrogens is 3. The number of hydrogen-bond donors (Lipinski definition) is 20. The number of hydrogen-bond acceptors (Lipinski definition) is 23. The number of pyridine rings is 1. The van der Waals surface area contributed by atoms with Crippen molar-refractivity contribution < 1.29 is 96.8 Å². The van der Waals surface area contributed by atoms with Crippen LogP contribution in [0.15, 0.2) is 110 Å². The normalized spacial score (nSPS) is 24.5. The van der Waals surface area contributed by atoms with Gasteiger partial charge >= 0.3 is 0 Å². The number of carbonyl (C=O) groups excluding carboxylic acids is 17. The number of rotatable bonds is 26. The maximum atomic E-state index is 15.8. The Morgan fingerprint density at radius 1 is 0.540 bits per heavy atom. The van der Waals surface area contributed by atoms with Gasteiger partial charge in [0, 0.05) is 125 Å². The Labute approximate surface area is 796 Å². The summed E-state index contributed by atoms with van der Waals surface area (Å²) in [7, 11) is 3.90. The second kappa shape index (κ2) is 51.2. The predicted molar refractivity (Wildman–Crippen MR) is 505 cm³/mol. The molecule has 3 aliphatic rings. The molecule has 17 amide bonds. The van der Waals surface area contributed by atoms with E-state index in [0.717, 1.165) is 36.3 Å². The van der Waals surface area contributed by atoms with Crippen molar-refractivity contribution in [3.8, 4) is 5.75 Å². The monoisotopic (exact) mass is 1920 g/mol. The molecule has 0 saturated carbocycles. The van der Waals surface area contributed by atoms with Crippen LogP contribution in [0.4, 0.5) is 0 Å². The summed E-state index contributed by atoms with van der Waals surface area (Å²) in [6, 6.07) is 0.939. The average molecular weight is 1920 g/mol. The van der Waals surface area contributed by atoms with Gasteiger partial charge < -0.3 is 125 Å². The fourth-order valence-corrected chi connectivity index (χ4v) is 17.8. The van der Waals surface area contributed by atoms with Crippen LogP contribution >= 0.6 is 11.8 Å². The van der Waals surface area contributed by atoms with Gasteiger partial charge in [-0.3, -0.25) is 91.9 Å². The summed E-state index contributed by atoms with van der Waals surface area (Å²) < 4.78 is 0. The summed E-state index contributed by atoms with van der Waals surface area (Å²) in [5.74, 6) is -18.0. The third-order valence-corrected chi connectivity index (χ3v) is 25.5. The maximum Gasteiger partial charge on any atom is 0.246 e. The van der Waals surface area contributed by atoms with Gasteiger partial charge in [0.05, 0.1) is 31.4 Å². The number of likely N-dealkylation sites (N-methyl/N-ethyl adjacent to an activating group) is 3. The molecule has 3 aromatic carbocycles. The lowest BCUT2D eigenvalue weighted by molar-refractivity contribution is -0.149. The number of phenols is 1. The molecule has 23 N–H and O–H groups in total. The number of phenolic OH excluding ortho intramolecular Hbond substituents is 1. The number of H-pyrrole nitrogens is 2. The third kappa shape index (κ3) is 30.1. The molecule has 0 radical (unpaired) electrons. The summed E-state index contributed by atoms with van der Waals surface area (Å²) >= 11 is 0.761. The zero-order valence-electron chi connectivity index (χ0n) is 78.2. The van der Waals surface area contributed by atoms with Gasteiger partial charge in [0.15, 0.2) is 5.96 Å². The number of primary amides is 2. The first kappa shape index (κ1) is 107. The average Bonchev–Trinajstić information content (AvgIpc) is 1.67. The molecule has 742 valence electrons. The highest BCUT2D eigenvalue weighted by molar-refractivity contribution is 8.00. The van der Waals surface area contributed by atoms with Gasteiger partial charge in [-0.1, -0.05) is 108 Å². The van der Waals surface area contributed by atoms with Gasteiger partial charge in [-0.2, -0.15) is 0 Å². The lowest BCUT2D eigenvalue weighted by Gasteiger charge is -2.36. The van der Waals surface area contributed by atoms with Gasteiger partial charge in [-0.25, -0.2) is 0 Å². The number of thioether (sulfide) groups is 1. The molecule has 15 atom stereocenters. The van der Waals surface area contributed by atoms with Crippen LogP contribution in [0.5, 0.6) is 5.75 Å². The number of amides is 17. The number of nitrogens with zero attached hydrogens (tertiary/aromatic N) is 6. The minimum atomic E-state index is -1.90. The highest BCUT2D eigenvalue weighted by atomic mass is 32.2. The van der Waals surface area contributed by atoms with Crippen molar-refractivity contribution in [3.63, 3.8) is 0 Å². The standard InChI is InChI=1S/C93H129N23O20S/c1-9-11-26-72-85(129)104-63(25-18-34-99-93(96)97)81(125)111-71(80(124)102-46-77(95)121)49-137-50-78(122)103-67(37-53-29-31-57(118)32-30-53)88(132)112(6)52(5)79(123)107-69(42-76(94)120)90(134)115-35-19-28-73(115)86(130)105-64(38-54-20-17-33-98-43-54)82(126)108-66(36-51(3)4)91(135)116-47-58(119)41-75(116)87(131)106-65(39-55-44-100-61-23-15-13-21-59(55)61)83(127)110-70(48-117)84(128)109-68(40-56-45-101-62-24-16-14-22-60(56)62)89(133)114(8)74(27-12-10-2)92(136)113(72)7/h13-17,20-24,29-33,43-45,51-52,58,63-75,100-101,117-119H,9-12,18-19,25-28,34-42,46-50H2,1-8H3,(H2,94,120)(H2,95,121)(H,102,124)(H,103,122)(H,104,129)(H,105,130)(H,106,131)(H,107,123)(H,108,126)(H,109,128)(H,110,127)(H,111,125)(H4,96,97,99)/t52-,58+,63-,64-,65?,66-,67-,68-,69-,70-,71-,72-,73-,74-,75?/m0/s1. The molecule has 0 spiro atoms. The van der Waals surface area contributed by atoms with Gasteiger partial charge in [0.2, 0.25) is 100 Å².